The molecule has 0 aliphatic heterocycles. The number of aromatic amines is 1. The maximum atomic E-state index is 13.2. The van der Waals surface area contributed by atoms with E-state index in [1.807, 2.05) is 38.1 Å². The number of aliphatic carboxylic acids is 1. The second-order valence-electron chi connectivity index (χ2n) is 10.4. The normalized spacial score (nSPS) is 14.2. The molecule has 8 N–H and O–H groups in total. The summed E-state index contributed by atoms with van der Waals surface area (Å²) < 4.78 is 0. The number of rotatable bonds is 14. The van der Waals surface area contributed by atoms with Crippen LogP contribution in [0.3, 0.4) is 0 Å². The van der Waals surface area contributed by atoms with Crippen LogP contribution in [0.5, 0.6) is 5.75 Å². The van der Waals surface area contributed by atoms with Crippen LogP contribution in [0.25, 0.3) is 10.9 Å². The number of carbonyl (C=O) groups is 4. The van der Waals surface area contributed by atoms with Crippen LogP contribution in [0.15, 0.2) is 54.7 Å². The Kier molecular flexibility index (Phi) is 11.2. The molecule has 0 saturated heterocycles. The average molecular weight is 584 g/mol. The number of para-hydroxylation sites is 1. The predicted octanol–water partition coefficient (Wildman–Crippen LogP) is 1.50. The number of benzene rings is 2. The molecule has 4 atom stereocenters. The molecule has 41 heavy (non-hydrogen) atoms. The summed E-state index contributed by atoms with van der Waals surface area (Å²) in [7, 11) is 0. The lowest BCUT2D eigenvalue weighted by Gasteiger charge is -2.25. The molecule has 2 aromatic carbocycles. The summed E-state index contributed by atoms with van der Waals surface area (Å²) in [5, 5.41) is 27.8. The van der Waals surface area contributed by atoms with Gasteiger partial charge in [0, 0.05) is 29.3 Å². The van der Waals surface area contributed by atoms with E-state index in [4.69, 9.17) is 5.73 Å². The Bertz CT molecular complexity index is 1360. The van der Waals surface area contributed by atoms with Crippen LogP contribution in [0.1, 0.15) is 31.4 Å². The van der Waals surface area contributed by atoms with Gasteiger partial charge in [0.1, 0.15) is 23.9 Å². The molecular weight excluding hydrogens is 546 g/mol. The van der Waals surface area contributed by atoms with E-state index in [-0.39, 0.29) is 36.7 Å². The van der Waals surface area contributed by atoms with E-state index in [1.165, 1.54) is 12.1 Å². The third-order valence-corrected chi connectivity index (χ3v) is 6.96. The van der Waals surface area contributed by atoms with Crippen LogP contribution in [0.4, 0.5) is 0 Å². The molecule has 3 amide bonds. The molecule has 4 unspecified atom stereocenters. The first-order chi connectivity index (χ1) is 19.5. The van der Waals surface area contributed by atoms with Gasteiger partial charge in [-0.05, 0) is 48.1 Å². The fraction of sp³-hybridized carbons (Fsp3) is 0.379. The van der Waals surface area contributed by atoms with Crippen LogP contribution < -0.4 is 21.7 Å². The molecule has 0 bridgehead atoms. The van der Waals surface area contributed by atoms with E-state index in [9.17, 15) is 29.4 Å². The number of phenols is 1. The Labute approximate surface area is 243 Å². The highest BCUT2D eigenvalue weighted by Gasteiger charge is 2.30. The molecule has 0 radical (unpaired) electrons. The van der Waals surface area contributed by atoms with Crippen molar-refractivity contribution in [2.24, 2.45) is 11.7 Å². The van der Waals surface area contributed by atoms with Gasteiger partial charge in [-0.15, -0.1) is 0 Å². The minimum atomic E-state index is -1.28. The number of carboxylic acid groups (broad SMARTS) is 1. The highest BCUT2D eigenvalue weighted by molar-refractivity contribution is 7.80. The third kappa shape index (κ3) is 8.98. The van der Waals surface area contributed by atoms with Crippen LogP contribution in [-0.4, -0.2) is 68.8 Å². The number of carboxylic acids is 1. The maximum Gasteiger partial charge on any atom is 0.326 e. The number of phenolic OH excluding ortho intramolecular Hbond substituents is 1. The van der Waals surface area contributed by atoms with Gasteiger partial charge >= 0.3 is 5.97 Å². The number of thiol groups is 1. The second kappa shape index (κ2) is 14.6. The van der Waals surface area contributed by atoms with Crippen LogP contribution in [-0.2, 0) is 32.0 Å². The van der Waals surface area contributed by atoms with Crippen molar-refractivity contribution >= 4 is 47.2 Å². The lowest BCUT2D eigenvalue weighted by atomic mass is 10.0. The van der Waals surface area contributed by atoms with E-state index in [0.717, 1.165) is 16.5 Å². The molecule has 0 aliphatic rings. The molecule has 3 rings (SSSR count). The van der Waals surface area contributed by atoms with Gasteiger partial charge in [-0.25, -0.2) is 4.79 Å². The first kappa shape index (κ1) is 31.5. The zero-order valence-electron chi connectivity index (χ0n) is 23.0. The van der Waals surface area contributed by atoms with Gasteiger partial charge in [-0.2, -0.15) is 12.6 Å². The number of hydrogen-bond donors (Lipinski definition) is 8. The summed E-state index contributed by atoms with van der Waals surface area (Å²) in [4.78, 5) is 54.1. The number of H-pyrrole nitrogens is 1. The number of hydrogen-bond acceptors (Lipinski definition) is 7. The summed E-state index contributed by atoms with van der Waals surface area (Å²) in [5.74, 6) is -3.15. The van der Waals surface area contributed by atoms with Crippen molar-refractivity contribution in [2.45, 2.75) is 57.3 Å². The number of fused-ring (bicyclic) bond motifs is 1. The number of nitrogens with one attached hydrogen (secondary N) is 4. The Balaban J connectivity index is 1.64. The summed E-state index contributed by atoms with van der Waals surface area (Å²) in [6.07, 6.45) is 2.31. The van der Waals surface area contributed by atoms with Crippen LogP contribution >= 0.6 is 12.6 Å². The highest BCUT2D eigenvalue weighted by Crippen LogP contribution is 2.19. The SMILES string of the molecule is CC(C)CC(NC(=O)C(N)Cc1c[nH]c2ccccc12)C(=O)NC(CS)C(=O)NC(Cc1ccc(O)cc1)C(=O)O. The minimum absolute atomic E-state index is 0.0286. The van der Waals surface area contributed by atoms with E-state index in [2.05, 4.69) is 33.6 Å². The van der Waals surface area contributed by atoms with E-state index < -0.39 is 47.9 Å². The molecule has 0 aliphatic carbocycles. The summed E-state index contributed by atoms with van der Waals surface area (Å²) >= 11 is 4.17. The molecule has 0 fully saturated rings. The maximum absolute atomic E-state index is 13.2. The third-order valence-electron chi connectivity index (χ3n) is 6.60. The lowest BCUT2D eigenvalue weighted by molar-refractivity contribution is -0.142. The summed E-state index contributed by atoms with van der Waals surface area (Å²) in [6.45, 7) is 3.78. The van der Waals surface area contributed by atoms with Gasteiger partial charge in [0.05, 0.1) is 6.04 Å². The zero-order valence-corrected chi connectivity index (χ0v) is 23.9. The van der Waals surface area contributed by atoms with Crippen molar-refractivity contribution in [3.8, 4) is 5.75 Å². The first-order valence-electron chi connectivity index (χ1n) is 13.3. The second-order valence-corrected chi connectivity index (χ2v) is 10.7. The van der Waals surface area contributed by atoms with Crippen LogP contribution in [0, 0.1) is 5.92 Å². The fourth-order valence-electron chi connectivity index (χ4n) is 4.42. The number of aromatic nitrogens is 1. The molecule has 220 valence electrons. The smallest absolute Gasteiger partial charge is 0.326 e. The number of nitrogens with two attached hydrogens (primary N) is 1. The van der Waals surface area contributed by atoms with Gasteiger partial charge in [-0.3, -0.25) is 14.4 Å². The quantitative estimate of drug-likeness (QED) is 0.132. The van der Waals surface area contributed by atoms with Gasteiger partial charge in [0.2, 0.25) is 17.7 Å². The number of carbonyl (C=O) groups excluding carboxylic acids is 3. The molecular formula is C29H37N5O6S. The lowest BCUT2D eigenvalue weighted by Crippen LogP contribution is -2.58. The largest absolute Gasteiger partial charge is 0.508 e. The minimum Gasteiger partial charge on any atom is -0.508 e. The Morgan fingerprint density at radius 2 is 1.49 bits per heavy atom. The van der Waals surface area contributed by atoms with Gasteiger partial charge in [0.25, 0.3) is 0 Å². The van der Waals surface area contributed by atoms with Crippen molar-refractivity contribution in [1.82, 2.24) is 20.9 Å². The fourth-order valence-corrected chi connectivity index (χ4v) is 4.68. The highest BCUT2D eigenvalue weighted by atomic mass is 32.1. The van der Waals surface area contributed by atoms with Crippen molar-refractivity contribution < 1.29 is 29.4 Å². The average Bonchev–Trinajstić information content (AvgIpc) is 3.34. The Morgan fingerprint density at radius 1 is 0.878 bits per heavy atom. The summed E-state index contributed by atoms with van der Waals surface area (Å²) in [6, 6.07) is 9.28. The predicted molar refractivity (Wildman–Crippen MR) is 159 cm³/mol. The standard InChI is InChI=1S/C29H37N5O6S/c1-16(2)11-23(32-26(36)21(30)13-18-14-31-22-6-4-3-5-20(18)22)27(37)34-25(15-41)28(38)33-24(29(39)40)12-17-7-9-19(35)10-8-17/h3-10,14,16,21,23-25,31,35,41H,11-13,15,30H2,1-2H3,(H,32,36)(H,33,38)(H,34,37)(H,39,40). The monoisotopic (exact) mass is 583 g/mol. The Hall–Kier alpha value is -4.03. The van der Waals surface area contributed by atoms with Crippen molar-refractivity contribution in [1.29, 1.82) is 0 Å². The van der Waals surface area contributed by atoms with E-state index in [0.29, 0.717) is 5.56 Å². The van der Waals surface area contributed by atoms with Crippen molar-refractivity contribution in [2.75, 3.05) is 5.75 Å². The summed E-state index contributed by atoms with van der Waals surface area (Å²) in [5.41, 5.74) is 8.60. The molecule has 1 heterocycles. The van der Waals surface area contributed by atoms with Crippen molar-refractivity contribution in [3.63, 3.8) is 0 Å². The first-order valence-corrected chi connectivity index (χ1v) is 13.9. The molecule has 0 saturated carbocycles. The van der Waals surface area contributed by atoms with Gasteiger partial charge < -0.3 is 36.9 Å². The Morgan fingerprint density at radius 3 is 2.12 bits per heavy atom. The van der Waals surface area contributed by atoms with Gasteiger partial charge in [-0.1, -0.05) is 44.2 Å². The molecule has 3 aromatic rings. The van der Waals surface area contributed by atoms with Crippen LogP contribution in [0.2, 0.25) is 0 Å². The van der Waals surface area contributed by atoms with E-state index >= 15 is 0 Å². The molecule has 11 nitrogen and oxygen atoms in total. The molecule has 0 spiro atoms. The number of aromatic hydroxyl groups is 1. The topological polar surface area (TPSA) is 187 Å². The zero-order chi connectivity index (χ0) is 30.1. The van der Waals surface area contributed by atoms with E-state index in [1.54, 1.807) is 18.3 Å². The van der Waals surface area contributed by atoms with Crippen molar-refractivity contribution in [3.05, 3.63) is 65.9 Å². The number of amides is 3. The molecule has 1 aromatic heterocycles. The van der Waals surface area contributed by atoms with Gasteiger partial charge in [0.15, 0.2) is 0 Å². The molecule has 12 heteroatoms.